The highest BCUT2D eigenvalue weighted by molar-refractivity contribution is 7.80. The summed E-state index contributed by atoms with van der Waals surface area (Å²) in [6.07, 6.45) is 7.79. The molecule has 12 nitrogen and oxygen atoms in total. The minimum Gasteiger partial charge on any atom is -0.493 e. The smallest absolute Gasteiger partial charge is 0.166 e. The van der Waals surface area contributed by atoms with Crippen molar-refractivity contribution in [2.24, 2.45) is 0 Å². The normalized spacial score (nSPS) is 14.8. The van der Waals surface area contributed by atoms with Crippen LogP contribution in [-0.2, 0) is 74.0 Å². The molecule has 16 heteroatoms. The van der Waals surface area contributed by atoms with E-state index in [4.69, 9.17) is 67.8 Å². The quantitative estimate of drug-likeness (QED) is 0.0399. The van der Waals surface area contributed by atoms with Gasteiger partial charge in [0.2, 0.25) is 0 Å². The number of benzene rings is 4. The molecule has 4 heterocycles. The number of ether oxygens (including phenoxy) is 4. The molecule has 0 amide bonds. The second-order valence-electron chi connectivity index (χ2n) is 26.4. The first kappa shape index (κ1) is 69.6. The van der Waals surface area contributed by atoms with Crippen molar-refractivity contribution in [1.29, 1.82) is 0 Å². The van der Waals surface area contributed by atoms with E-state index in [0.717, 1.165) is 96.6 Å². The van der Waals surface area contributed by atoms with Crippen molar-refractivity contribution in [3.63, 3.8) is 0 Å². The van der Waals surface area contributed by atoms with Gasteiger partial charge in [-0.25, -0.2) is 0 Å². The summed E-state index contributed by atoms with van der Waals surface area (Å²) in [7, 11) is 0. The molecule has 0 unspecified atom stereocenters. The molecule has 0 spiro atoms. The van der Waals surface area contributed by atoms with E-state index in [0.29, 0.717) is 99.2 Å². The summed E-state index contributed by atoms with van der Waals surface area (Å²) in [5.74, 6) is 3.15. The van der Waals surface area contributed by atoms with Gasteiger partial charge in [-0.1, -0.05) is 161 Å². The largest absolute Gasteiger partial charge is 0.493 e. The highest BCUT2D eigenvalue weighted by Crippen LogP contribution is 2.37. The van der Waals surface area contributed by atoms with Crippen molar-refractivity contribution < 1.29 is 18.9 Å². The molecule has 4 aromatic carbocycles. The summed E-state index contributed by atoms with van der Waals surface area (Å²) in [4.78, 5) is 0. The fourth-order valence-corrected chi connectivity index (χ4v) is 10.7. The minimum atomic E-state index is -0.138. The van der Waals surface area contributed by atoms with E-state index >= 15 is 0 Å². The van der Waals surface area contributed by atoms with Crippen LogP contribution in [0, 0.1) is 0 Å². The molecule has 4 aliphatic rings. The maximum absolute atomic E-state index is 6.55. The lowest BCUT2D eigenvalue weighted by Gasteiger charge is -2.30. The van der Waals surface area contributed by atoms with Crippen LogP contribution in [0.3, 0.4) is 0 Å². The molecule has 4 aliphatic heterocycles. The number of hydrogen-bond donors (Lipinski definition) is 8. The van der Waals surface area contributed by atoms with Crippen LogP contribution in [0.1, 0.15) is 229 Å². The minimum absolute atomic E-state index is 0.138. The third-order valence-corrected chi connectivity index (χ3v) is 16.1. The summed E-state index contributed by atoms with van der Waals surface area (Å²) < 4.78 is 26.2. The van der Waals surface area contributed by atoms with Gasteiger partial charge >= 0.3 is 0 Å². The lowest BCUT2D eigenvalue weighted by molar-refractivity contribution is 0.295. The van der Waals surface area contributed by atoms with Gasteiger partial charge in [0.25, 0.3) is 0 Å². The van der Waals surface area contributed by atoms with E-state index in [2.05, 4.69) is 202 Å². The van der Waals surface area contributed by atoms with Crippen LogP contribution in [0.25, 0.3) is 0 Å². The summed E-state index contributed by atoms with van der Waals surface area (Å²) in [5, 5.41) is 30.6. The molecule has 0 aliphatic carbocycles. The van der Waals surface area contributed by atoms with Gasteiger partial charge in [0.05, 0.1) is 26.4 Å². The van der Waals surface area contributed by atoms with E-state index in [1.165, 1.54) is 44.5 Å². The number of hydrogen-bond acceptors (Lipinski definition) is 8. The van der Waals surface area contributed by atoms with Crippen molar-refractivity contribution in [2.75, 3.05) is 26.4 Å². The van der Waals surface area contributed by atoms with Crippen molar-refractivity contribution in [3.8, 4) is 23.0 Å². The Morgan fingerprint density at radius 1 is 0.286 bits per heavy atom. The molecule has 0 saturated carbocycles. The molecule has 0 fully saturated rings. The number of unbranched alkanes of at least 4 members (excludes halogenated alkanes) is 4. The fraction of sp³-hybridized carbons (Fsp3) is 0.588. The van der Waals surface area contributed by atoms with Gasteiger partial charge in [-0.15, -0.1) is 0 Å². The van der Waals surface area contributed by atoms with Crippen LogP contribution in [0.2, 0.25) is 0 Å². The molecule has 8 rings (SSSR count). The Hall–Kier alpha value is -5.16. The number of nitrogens with one attached hydrogen (secondary N) is 8. The zero-order valence-electron chi connectivity index (χ0n) is 54.0. The van der Waals surface area contributed by atoms with E-state index in [9.17, 15) is 0 Å². The lowest BCUT2D eigenvalue weighted by Crippen LogP contribution is -2.36. The molecule has 8 bridgehead atoms. The fourth-order valence-electron chi connectivity index (χ4n) is 10.1. The lowest BCUT2D eigenvalue weighted by atomic mass is 9.76. The SMILES string of the molecule is CCCCOc1cc2c(OCCCC)cc1CNC(=S)NCc1cc(c(C(C)(C)C)cc1C(C)(C)C)CNC(=S)NCc1cc(OCCCC)c(cc1OCCCC)CNC(=S)NCc1cc(c(C(C)(C)C)cc1C(C)(C)C)CNC(=S)NC2. The molecular weight excluding hydrogens is 1120 g/mol. The van der Waals surface area contributed by atoms with Gasteiger partial charge in [0, 0.05) is 74.6 Å². The Balaban J connectivity index is 1.59. The Morgan fingerprint density at radius 2 is 0.464 bits per heavy atom. The van der Waals surface area contributed by atoms with Gasteiger partial charge in [0.1, 0.15) is 23.0 Å². The molecule has 0 radical (unpaired) electrons. The zero-order valence-corrected chi connectivity index (χ0v) is 57.3. The van der Waals surface area contributed by atoms with E-state index in [-0.39, 0.29) is 21.7 Å². The summed E-state index contributed by atoms with van der Waals surface area (Å²) in [6, 6.07) is 17.8. The van der Waals surface area contributed by atoms with Crippen LogP contribution in [0.15, 0.2) is 48.5 Å². The molecule has 464 valence electrons. The Morgan fingerprint density at radius 3 is 0.631 bits per heavy atom. The zero-order chi connectivity index (χ0) is 61.8. The first-order valence-electron chi connectivity index (χ1n) is 30.9. The van der Waals surface area contributed by atoms with Crippen molar-refractivity contribution >= 4 is 69.3 Å². The monoisotopic (exact) mass is 1220 g/mol. The van der Waals surface area contributed by atoms with Crippen molar-refractivity contribution in [2.45, 2.75) is 236 Å². The highest BCUT2D eigenvalue weighted by atomic mass is 32.1. The second kappa shape index (κ2) is 32.5. The van der Waals surface area contributed by atoms with Crippen LogP contribution >= 0.6 is 48.9 Å². The number of rotatable bonds is 16. The van der Waals surface area contributed by atoms with Crippen LogP contribution in [0.5, 0.6) is 23.0 Å². The van der Waals surface area contributed by atoms with Gasteiger partial charge in [-0.05, 0) is 165 Å². The summed E-state index contributed by atoms with van der Waals surface area (Å²) >= 11 is 24.2. The van der Waals surface area contributed by atoms with Gasteiger partial charge in [0.15, 0.2) is 20.4 Å². The van der Waals surface area contributed by atoms with Crippen molar-refractivity contribution in [1.82, 2.24) is 42.5 Å². The molecule has 0 atom stereocenters. The third kappa shape index (κ3) is 21.7. The average molecular weight is 1230 g/mol. The molecule has 84 heavy (non-hydrogen) atoms. The average Bonchev–Trinajstić information content (AvgIpc) is 1.79. The summed E-state index contributed by atoms with van der Waals surface area (Å²) in [5.41, 5.74) is 13.0. The predicted molar refractivity (Wildman–Crippen MR) is 367 cm³/mol. The third-order valence-electron chi connectivity index (χ3n) is 14.9. The highest BCUT2D eigenvalue weighted by Gasteiger charge is 2.28. The van der Waals surface area contributed by atoms with Gasteiger partial charge in [-0.2, -0.15) is 0 Å². The maximum Gasteiger partial charge on any atom is 0.166 e. The standard InChI is InChI=1S/C68H104N8O4S4/c1-17-21-25-77-57-31-50-42-74-62(82)70-38-46-30-48(56(68(14,15)16)36-54(46)66(8,9)10)40-72-64(84)76-44-52-34-59(79-27-23-19-3)51(33-60(52)80-28-24-20-4)43-75-63(83)71-39-47-29-45(53(65(5,6)7)35-55(47)67(11,12)13)37-69-61(81)73-41-49(57)32-58(50)78-26-22-18-2/h29-36H,17-28,37-44H2,1-16H3,(H2,69,73,81)(H2,70,74,82)(H2,71,75,83)(H2,72,76,84). The Kier molecular flexibility index (Phi) is 27.0. The number of thiocarbonyl (C=S) groups is 4. The second-order valence-corrected chi connectivity index (χ2v) is 28.1. The van der Waals surface area contributed by atoms with Crippen LogP contribution < -0.4 is 61.5 Å². The topological polar surface area (TPSA) is 133 Å². The molecule has 8 N–H and O–H groups in total. The maximum atomic E-state index is 6.55. The van der Waals surface area contributed by atoms with E-state index in [1.807, 2.05) is 0 Å². The molecule has 0 saturated heterocycles. The van der Waals surface area contributed by atoms with Crippen molar-refractivity contribution in [3.05, 3.63) is 115 Å². The first-order chi connectivity index (χ1) is 39.7. The molecular formula is C68H104N8O4S4. The van der Waals surface area contributed by atoms with Gasteiger partial charge in [-0.3, -0.25) is 0 Å². The molecule has 4 aromatic rings. The van der Waals surface area contributed by atoms with Crippen LogP contribution in [-0.4, -0.2) is 46.9 Å². The van der Waals surface area contributed by atoms with E-state index < -0.39 is 0 Å². The van der Waals surface area contributed by atoms with Gasteiger partial charge < -0.3 is 61.5 Å². The Bertz CT molecular complexity index is 2470. The first-order valence-corrected chi connectivity index (χ1v) is 32.5. The summed E-state index contributed by atoms with van der Waals surface area (Å²) in [6.45, 7) is 42.2. The predicted octanol–water partition coefficient (Wildman–Crippen LogP) is 14.6. The van der Waals surface area contributed by atoms with E-state index in [1.54, 1.807) is 0 Å². The Labute approximate surface area is 528 Å². The molecule has 0 aromatic heterocycles. The van der Waals surface area contributed by atoms with Crippen LogP contribution in [0.4, 0.5) is 0 Å².